The van der Waals surface area contributed by atoms with Crippen LogP contribution in [0.25, 0.3) is 0 Å². The van der Waals surface area contributed by atoms with Crippen molar-refractivity contribution in [3.05, 3.63) is 11.1 Å². The minimum atomic E-state index is 0.275. The van der Waals surface area contributed by atoms with Crippen LogP contribution in [0.1, 0.15) is 118 Å². The van der Waals surface area contributed by atoms with Crippen molar-refractivity contribution in [1.82, 2.24) is 0 Å². The summed E-state index contributed by atoms with van der Waals surface area (Å²) in [6.45, 7) is 9.58. The molecule has 2 unspecified atom stereocenters. The summed E-state index contributed by atoms with van der Waals surface area (Å²) in [4.78, 5) is 0. The summed E-state index contributed by atoms with van der Waals surface area (Å²) in [5.41, 5.74) is 4.00. The van der Waals surface area contributed by atoms with E-state index in [1.165, 1.54) is 89.9 Å². The van der Waals surface area contributed by atoms with Gasteiger partial charge in [-0.05, 0) is 107 Å². The molecule has 0 aromatic rings. The zero-order chi connectivity index (χ0) is 21.6. The maximum absolute atomic E-state index is 2.40. The molecule has 0 radical (unpaired) electrons. The zero-order valence-corrected chi connectivity index (χ0v) is 23.0. The number of hydrogen-bond donors (Lipinski definition) is 0. The second-order valence-electron chi connectivity index (χ2n) is 10.3. The molecule has 0 aromatic carbocycles. The lowest BCUT2D eigenvalue weighted by Gasteiger charge is -2.31. The normalized spacial score (nSPS) is 22.2. The van der Waals surface area contributed by atoms with Crippen LogP contribution in [0.5, 0.6) is 0 Å². The number of allylic oxidation sites excluding steroid dienone is 2. The van der Waals surface area contributed by atoms with E-state index in [0.29, 0.717) is 0 Å². The predicted molar refractivity (Wildman–Crippen MR) is 144 cm³/mol. The van der Waals surface area contributed by atoms with E-state index in [2.05, 4.69) is 27.7 Å². The summed E-state index contributed by atoms with van der Waals surface area (Å²) >= 11 is 0. The summed E-state index contributed by atoms with van der Waals surface area (Å²) in [5, 5.41) is 0. The third-order valence-electron chi connectivity index (χ3n) is 7.66. The Morgan fingerprint density at radius 2 is 1.13 bits per heavy atom. The average molecular weight is 453 g/mol. The Morgan fingerprint density at radius 1 is 0.633 bits per heavy atom. The molecule has 0 heterocycles. The second-order valence-corrected chi connectivity index (χ2v) is 15.5. The molecule has 0 spiro atoms. The Balaban J connectivity index is 2.11. The van der Waals surface area contributed by atoms with Gasteiger partial charge in [-0.3, -0.25) is 0 Å². The van der Waals surface area contributed by atoms with E-state index < -0.39 is 0 Å². The second kappa shape index (κ2) is 16.2. The molecule has 2 rings (SSSR count). The highest BCUT2D eigenvalue weighted by molar-refractivity contribution is 7.58. The lowest BCUT2D eigenvalue weighted by Crippen LogP contribution is -2.20. The van der Waals surface area contributed by atoms with E-state index in [-0.39, 0.29) is 15.8 Å². The van der Waals surface area contributed by atoms with Crippen molar-refractivity contribution in [2.75, 3.05) is 37.0 Å². The molecule has 2 aliphatic rings. The van der Waals surface area contributed by atoms with Crippen LogP contribution in [0, 0.1) is 11.8 Å². The molecule has 176 valence electrons. The van der Waals surface area contributed by atoms with E-state index >= 15 is 0 Å². The van der Waals surface area contributed by atoms with Crippen LogP contribution < -0.4 is 0 Å². The Morgan fingerprint density at radius 3 is 1.67 bits per heavy atom. The molecule has 0 bridgehead atoms. The van der Waals surface area contributed by atoms with E-state index in [4.69, 9.17) is 0 Å². The minimum Gasteiger partial charge on any atom is -0.106 e. The van der Waals surface area contributed by atoms with Gasteiger partial charge in [-0.15, -0.1) is 15.8 Å². The van der Waals surface area contributed by atoms with Crippen molar-refractivity contribution < 1.29 is 0 Å². The van der Waals surface area contributed by atoms with Crippen molar-refractivity contribution >= 4 is 15.8 Å². The quantitative estimate of drug-likeness (QED) is 0.161. The molecule has 2 heteroatoms. The SMILES string of the molecule is CCCCP(CCCC)CC1CC2=C(CCCCC2)C1CP(CCCC)CCCC. The number of rotatable bonds is 16. The van der Waals surface area contributed by atoms with Gasteiger partial charge in [0.05, 0.1) is 0 Å². The largest absolute Gasteiger partial charge is 0.106 e. The highest BCUT2D eigenvalue weighted by Gasteiger charge is 2.36. The maximum atomic E-state index is 2.40. The first kappa shape index (κ1) is 26.8. The molecule has 2 aliphatic carbocycles. The Bertz CT molecular complexity index is 453. The van der Waals surface area contributed by atoms with Crippen molar-refractivity contribution in [3.8, 4) is 0 Å². The summed E-state index contributed by atoms with van der Waals surface area (Å²) in [7, 11) is 0.564. The van der Waals surface area contributed by atoms with Gasteiger partial charge in [0.1, 0.15) is 0 Å². The first-order valence-corrected chi connectivity index (χ1v) is 17.7. The van der Waals surface area contributed by atoms with Gasteiger partial charge in [-0.25, -0.2) is 0 Å². The summed E-state index contributed by atoms with van der Waals surface area (Å²) in [6, 6.07) is 0. The molecule has 0 saturated heterocycles. The van der Waals surface area contributed by atoms with Gasteiger partial charge in [0.15, 0.2) is 0 Å². The highest BCUT2D eigenvalue weighted by Crippen LogP contribution is 2.54. The average Bonchev–Trinajstić information content (AvgIpc) is 2.91. The first-order valence-electron chi connectivity index (χ1n) is 13.9. The zero-order valence-electron chi connectivity index (χ0n) is 21.2. The summed E-state index contributed by atoms with van der Waals surface area (Å²) in [5.74, 6) is 2.05. The molecule has 0 amide bonds. The third kappa shape index (κ3) is 9.22. The van der Waals surface area contributed by atoms with Crippen molar-refractivity contribution in [2.45, 2.75) is 118 Å². The lowest BCUT2D eigenvalue weighted by molar-refractivity contribution is 0.469. The van der Waals surface area contributed by atoms with Gasteiger partial charge in [0.2, 0.25) is 0 Å². The van der Waals surface area contributed by atoms with Crippen LogP contribution in [0.3, 0.4) is 0 Å². The van der Waals surface area contributed by atoms with Crippen LogP contribution in [0.4, 0.5) is 0 Å². The van der Waals surface area contributed by atoms with E-state index in [1.54, 1.807) is 37.0 Å². The van der Waals surface area contributed by atoms with Gasteiger partial charge in [0.25, 0.3) is 0 Å². The van der Waals surface area contributed by atoms with Gasteiger partial charge < -0.3 is 0 Å². The summed E-state index contributed by atoms with van der Waals surface area (Å²) in [6.07, 6.45) is 30.0. The van der Waals surface area contributed by atoms with Gasteiger partial charge in [-0.1, -0.05) is 70.9 Å². The fraction of sp³-hybridized carbons (Fsp3) is 0.929. The van der Waals surface area contributed by atoms with Crippen LogP contribution in [0.2, 0.25) is 0 Å². The number of hydrogen-bond acceptors (Lipinski definition) is 0. The molecule has 0 fully saturated rings. The smallest absolute Gasteiger partial charge is 0.0126 e. The van der Waals surface area contributed by atoms with Crippen molar-refractivity contribution in [3.63, 3.8) is 0 Å². The topological polar surface area (TPSA) is 0 Å². The van der Waals surface area contributed by atoms with Crippen LogP contribution >= 0.6 is 15.8 Å². The van der Waals surface area contributed by atoms with Crippen LogP contribution in [-0.4, -0.2) is 37.0 Å². The Labute approximate surface area is 193 Å². The third-order valence-corrected chi connectivity index (χ3v) is 13.4. The van der Waals surface area contributed by atoms with Crippen LogP contribution in [0.15, 0.2) is 11.1 Å². The van der Waals surface area contributed by atoms with Crippen molar-refractivity contribution in [1.29, 1.82) is 0 Å². The van der Waals surface area contributed by atoms with Gasteiger partial charge >= 0.3 is 0 Å². The van der Waals surface area contributed by atoms with E-state index in [0.717, 1.165) is 11.8 Å². The minimum absolute atomic E-state index is 0.275. The Kier molecular flexibility index (Phi) is 14.5. The molecule has 0 nitrogen and oxygen atoms in total. The highest BCUT2D eigenvalue weighted by atomic mass is 31.1. The van der Waals surface area contributed by atoms with Gasteiger partial charge in [-0.2, -0.15) is 0 Å². The molecular weight excluding hydrogens is 398 g/mol. The maximum Gasteiger partial charge on any atom is -0.0126 e. The summed E-state index contributed by atoms with van der Waals surface area (Å²) < 4.78 is 0. The molecule has 0 saturated carbocycles. The molecule has 30 heavy (non-hydrogen) atoms. The molecule has 2 atom stereocenters. The Hall–Kier alpha value is 0.600. The van der Waals surface area contributed by atoms with E-state index in [9.17, 15) is 0 Å². The fourth-order valence-electron chi connectivity index (χ4n) is 5.77. The fourth-order valence-corrected chi connectivity index (χ4v) is 12.1. The monoisotopic (exact) mass is 452 g/mol. The van der Waals surface area contributed by atoms with Crippen molar-refractivity contribution in [2.24, 2.45) is 11.8 Å². The van der Waals surface area contributed by atoms with E-state index in [1.807, 2.05) is 11.1 Å². The standard InChI is InChI=1S/C28H54P2/c1-5-9-18-29(19-10-6-2)23-26-22-25-16-14-13-15-17-27(25)28(26)24-30(20-11-7-3)21-12-8-4/h26,28H,5-24H2,1-4H3. The number of unbranched alkanes of at least 4 members (excludes halogenated alkanes) is 4. The van der Waals surface area contributed by atoms with Crippen LogP contribution in [-0.2, 0) is 0 Å². The molecule has 0 aromatic heterocycles. The molecule has 0 aliphatic heterocycles. The lowest BCUT2D eigenvalue weighted by atomic mass is 9.91. The predicted octanol–water partition coefficient (Wildman–Crippen LogP) is 10.0. The first-order chi connectivity index (χ1) is 14.7. The van der Waals surface area contributed by atoms with Gasteiger partial charge in [0, 0.05) is 0 Å². The molecule has 0 N–H and O–H groups in total. The molecular formula is C28H54P2.